The summed E-state index contributed by atoms with van der Waals surface area (Å²) in [6.45, 7) is 7.57. The first kappa shape index (κ1) is 17.3. The largest absolute Gasteiger partial charge is 0.366 e. The molecule has 2 aromatic heterocycles. The van der Waals surface area contributed by atoms with Crippen LogP contribution >= 0.6 is 0 Å². The summed E-state index contributed by atoms with van der Waals surface area (Å²) in [6.07, 6.45) is 4.12. The van der Waals surface area contributed by atoms with E-state index >= 15 is 0 Å². The van der Waals surface area contributed by atoms with E-state index in [-0.39, 0.29) is 12.0 Å². The smallest absolute Gasteiger partial charge is 0.252 e. The van der Waals surface area contributed by atoms with E-state index < -0.39 is 0 Å². The average Bonchev–Trinajstić information content (AvgIpc) is 3.15. The predicted octanol–water partition coefficient (Wildman–Crippen LogP) is 1.41. The molecule has 1 saturated heterocycles. The van der Waals surface area contributed by atoms with Crippen LogP contribution in [0.2, 0.25) is 0 Å². The molecule has 25 heavy (non-hydrogen) atoms. The van der Waals surface area contributed by atoms with Crippen LogP contribution in [0.15, 0.2) is 24.7 Å². The summed E-state index contributed by atoms with van der Waals surface area (Å²) in [5.74, 6) is 1.59. The minimum atomic E-state index is -0.134. The lowest BCUT2D eigenvalue weighted by Gasteiger charge is -2.33. The lowest BCUT2D eigenvalue weighted by Crippen LogP contribution is -2.39. The highest BCUT2D eigenvalue weighted by molar-refractivity contribution is 5.94. The number of aryl methyl sites for hydroxylation is 1. The maximum Gasteiger partial charge on any atom is 0.252 e. The van der Waals surface area contributed by atoms with Crippen molar-refractivity contribution < 1.29 is 9.53 Å². The molecule has 2 aromatic rings. The van der Waals surface area contributed by atoms with Gasteiger partial charge >= 0.3 is 0 Å². The van der Waals surface area contributed by atoms with Crippen LogP contribution in [-0.2, 0) is 11.3 Å². The van der Waals surface area contributed by atoms with E-state index in [1.807, 2.05) is 23.6 Å². The molecule has 8 heteroatoms. The van der Waals surface area contributed by atoms with E-state index in [4.69, 9.17) is 4.74 Å². The van der Waals surface area contributed by atoms with Crippen LogP contribution in [0, 0.1) is 0 Å². The monoisotopic (exact) mass is 344 g/mol. The third kappa shape index (κ3) is 3.96. The number of nitrogens with one attached hydrogen (secondary N) is 1. The third-order valence-electron chi connectivity index (χ3n) is 4.21. The molecular weight excluding hydrogens is 320 g/mol. The lowest BCUT2D eigenvalue weighted by molar-refractivity contribution is 0.0313. The number of ether oxygens (including phenoxy) is 1. The molecule has 1 aliphatic rings. The second-order valence-corrected chi connectivity index (χ2v) is 5.94. The van der Waals surface area contributed by atoms with Gasteiger partial charge in [-0.3, -0.25) is 4.79 Å². The molecule has 0 aliphatic carbocycles. The van der Waals surface area contributed by atoms with Gasteiger partial charge < -0.3 is 19.5 Å². The first-order valence-corrected chi connectivity index (χ1v) is 8.71. The van der Waals surface area contributed by atoms with Gasteiger partial charge in [0, 0.05) is 25.8 Å². The number of rotatable bonds is 6. The summed E-state index contributed by atoms with van der Waals surface area (Å²) in [5.41, 5.74) is 0.577. The Morgan fingerprint density at radius 2 is 2.28 bits per heavy atom. The van der Waals surface area contributed by atoms with E-state index in [1.165, 1.54) is 0 Å². The Hall–Kier alpha value is -2.48. The number of aromatic nitrogens is 4. The van der Waals surface area contributed by atoms with Gasteiger partial charge in [-0.15, -0.1) is 10.2 Å². The van der Waals surface area contributed by atoms with E-state index in [0.29, 0.717) is 25.3 Å². The summed E-state index contributed by atoms with van der Waals surface area (Å²) in [5, 5.41) is 11.0. The Morgan fingerprint density at radius 3 is 3.00 bits per heavy atom. The number of hydrogen-bond acceptors (Lipinski definition) is 6. The molecule has 0 spiro atoms. The van der Waals surface area contributed by atoms with E-state index in [2.05, 4.69) is 32.3 Å². The number of amides is 1. The van der Waals surface area contributed by atoms with Crippen LogP contribution in [-0.4, -0.2) is 51.9 Å². The maximum absolute atomic E-state index is 12.0. The zero-order chi connectivity index (χ0) is 17.6. The second kappa shape index (κ2) is 8.06. The molecule has 0 saturated carbocycles. The molecule has 8 nitrogen and oxygen atoms in total. The fraction of sp³-hybridized carbons (Fsp3) is 0.529. The number of anilines is 1. The number of carbonyl (C=O) groups is 1. The quantitative estimate of drug-likeness (QED) is 0.853. The van der Waals surface area contributed by atoms with Gasteiger partial charge in [-0.2, -0.15) is 0 Å². The molecule has 0 radical (unpaired) electrons. The molecule has 1 atom stereocenters. The normalized spacial score (nSPS) is 17.5. The summed E-state index contributed by atoms with van der Waals surface area (Å²) in [6, 6.07) is 3.69. The standard InChI is InChI=1S/C17H24N6O2/c1-3-7-18-17(24)13-5-6-15(19-10-13)23-8-9-25-14(11-23)16-21-20-12-22(16)4-2/h5-6,10,12,14H,3-4,7-9,11H2,1-2H3,(H,18,24). The fourth-order valence-corrected chi connectivity index (χ4v) is 2.82. The molecule has 1 unspecified atom stereocenters. The molecule has 3 heterocycles. The highest BCUT2D eigenvalue weighted by Gasteiger charge is 2.26. The first-order valence-electron chi connectivity index (χ1n) is 8.71. The van der Waals surface area contributed by atoms with Gasteiger partial charge in [0.1, 0.15) is 18.2 Å². The second-order valence-electron chi connectivity index (χ2n) is 5.94. The molecule has 1 amide bonds. The van der Waals surface area contributed by atoms with Crippen LogP contribution in [0.5, 0.6) is 0 Å². The molecule has 3 rings (SSSR count). The highest BCUT2D eigenvalue weighted by Crippen LogP contribution is 2.24. The number of hydrogen-bond donors (Lipinski definition) is 1. The van der Waals surface area contributed by atoms with E-state index in [9.17, 15) is 4.79 Å². The Labute approximate surface area is 147 Å². The number of morpholine rings is 1. The molecule has 1 fully saturated rings. The average molecular weight is 344 g/mol. The summed E-state index contributed by atoms with van der Waals surface area (Å²) >= 11 is 0. The SMILES string of the molecule is CCCNC(=O)c1ccc(N2CCOC(c3nncn3CC)C2)nc1. The van der Waals surface area contributed by atoms with Crippen LogP contribution in [0.25, 0.3) is 0 Å². The molecule has 1 aliphatic heterocycles. The van der Waals surface area contributed by atoms with Gasteiger partial charge in [0.15, 0.2) is 5.82 Å². The molecule has 1 N–H and O–H groups in total. The van der Waals surface area contributed by atoms with Crippen molar-refractivity contribution in [3.63, 3.8) is 0 Å². The van der Waals surface area contributed by atoms with Gasteiger partial charge in [0.05, 0.1) is 18.7 Å². The van der Waals surface area contributed by atoms with Crippen molar-refractivity contribution in [1.82, 2.24) is 25.1 Å². The minimum absolute atomic E-state index is 0.0863. The van der Waals surface area contributed by atoms with Crippen molar-refractivity contribution in [3.8, 4) is 0 Å². The molecule has 0 aromatic carbocycles. The molecular formula is C17H24N6O2. The van der Waals surface area contributed by atoms with Gasteiger partial charge in [0.25, 0.3) is 5.91 Å². The van der Waals surface area contributed by atoms with Crippen LogP contribution < -0.4 is 10.2 Å². The number of pyridine rings is 1. The highest BCUT2D eigenvalue weighted by atomic mass is 16.5. The summed E-state index contributed by atoms with van der Waals surface area (Å²) in [4.78, 5) is 18.6. The predicted molar refractivity (Wildman–Crippen MR) is 93.5 cm³/mol. The van der Waals surface area contributed by atoms with Crippen molar-refractivity contribution in [2.45, 2.75) is 32.9 Å². The van der Waals surface area contributed by atoms with Crippen molar-refractivity contribution in [2.75, 3.05) is 31.1 Å². The van der Waals surface area contributed by atoms with Crippen LogP contribution in [0.3, 0.4) is 0 Å². The van der Waals surface area contributed by atoms with E-state index in [0.717, 1.165) is 31.2 Å². The lowest BCUT2D eigenvalue weighted by atomic mass is 10.2. The van der Waals surface area contributed by atoms with Crippen LogP contribution in [0.4, 0.5) is 5.82 Å². The van der Waals surface area contributed by atoms with Crippen molar-refractivity contribution >= 4 is 11.7 Å². The van der Waals surface area contributed by atoms with Crippen LogP contribution in [0.1, 0.15) is 42.6 Å². The Kier molecular flexibility index (Phi) is 5.60. The minimum Gasteiger partial charge on any atom is -0.366 e. The third-order valence-corrected chi connectivity index (χ3v) is 4.21. The summed E-state index contributed by atoms with van der Waals surface area (Å²) < 4.78 is 7.85. The topological polar surface area (TPSA) is 85.2 Å². The number of carbonyl (C=O) groups excluding carboxylic acids is 1. The van der Waals surface area contributed by atoms with Gasteiger partial charge in [-0.1, -0.05) is 6.92 Å². The van der Waals surface area contributed by atoms with Gasteiger partial charge in [-0.25, -0.2) is 4.98 Å². The van der Waals surface area contributed by atoms with Gasteiger partial charge in [-0.05, 0) is 25.5 Å². The van der Waals surface area contributed by atoms with Crippen molar-refractivity contribution in [1.29, 1.82) is 0 Å². The van der Waals surface area contributed by atoms with Gasteiger partial charge in [0.2, 0.25) is 0 Å². The fourth-order valence-electron chi connectivity index (χ4n) is 2.82. The zero-order valence-corrected chi connectivity index (χ0v) is 14.7. The van der Waals surface area contributed by atoms with Crippen molar-refractivity contribution in [3.05, 3.63) is 36.0 Å². The van der Waals surface area contributed by atoms with Crippen molar-refractivity contribution in [2.24, 2.45) is 0 Å². The molecule has 134 valence electrons. The summed E-state index contributed by atoms with van der Waals surface area (Å²) in [7, 11) is 0. The van der Waals surface area contributed by atoms with E-state index in [1.54, 1.807) is 12.5 Å². The Bertz CT molecular complexity index is 699. The first-order chi connectivity index (χ1) is 12.2. The number of nitrogens with zero attached hydrogens (tertiary/aromatic N) is 5. The maximum atomic E-state index is 12.0. The Balaban J connectivity index is 1.68. The Morgan fingerprint density at radius 1 is 1.40 bits per heavy atom. The zero-order valence-electron chi connectivity index (χ0n) is 14.7. The molecule has 0 bridgehead atoms.